The fraction of sp³-hybridized carbons (Fsp3) is 0.588. The van der Waals surface area contributed by atoms with Crippen LogP contribution in [0.3, 0.4) is 0 Å². The second-order valence-corrected chi connectivity index (χ2v) is 6.84. The van der Waals surface area contributed by atoms with E-state index in [0.717, 1.165) is 5.71 Å². The molecule has 0 atom stereocenters. The molecule has 1 aromatic rings. The van der Waals surface area contributed by atoms with Crippen molar-refractivity contribution < 1.29 is 0 Å². The highest BCUT2D eigenvalue weighted by atomic mass is 15.5. The average molecular weight is 258 g/mol. The van der Waals surface area contributed by atoms with Gasteiger partial charge in [0, 0.05) is 0 Å². The predicted octanol–water partition coefficient (Wildman–Crippen LogP) is 4.45. The number of hydrogen-bond acceptors (Lipinski definition) is 2. The van der Waals surface area contributed by atoms with E-state index in [9.17, 15) is 0 Å². The Morgan fingerprint density at radius 2 is 1.53 bits per heavy atom. The number of rotatable bonds is 2. The molecule has 104 valence electrons. The van der Waals surface area contributed by atoms with Crippen LogP contribution in [0.15, 0.2) is 35.4 Å². The standard InChI is InChI=1S/C17H26N2/c1-14(15-10-7-6-8-11-15)18-19-16(2,3)12-9-13-17(19,4)5/h6-8,10-11H,9,12-13H2,1-5H3. The monoisotopic (exact) mass is 258 g/mol. The fourth-order valence-electron chi connectivity index (χ4n) is 3.14. The molecule has 0 N–H and O–H groups in total. The molecular formula is C17H26N2. The lowest BCUT2D eigenvalue weighted by atomic mass is 9.82. The van der Waals surface area contributed by atoms with Crippen LogP contribution in [0.2, 0.25) is 0 Å². The van der Waals surface area contributed by atoms with E-state index >= 15 is 0 Å². The van der Waals surface area contributed by atoms with Crippen LogP contribution in [0.25, 0.3) is 0 Å². The van der Waals surface area contributed by atoms with Gasteiger partial charge in [0.05, 0.1) is 16.8 Å². The van der Waals surface area contributed by atoms with Gasteiger partial charge in [-0.05, 0) is 59.4 Å². The molecule has 0 saturated carbocycles. The maximum Gasteiger partial charge on any atom is 0.0647 e. The molecule has 2 nitrogen and oxygen atoms in total. The fourth-order valence-corrected chi connectivity index (χ4v) is 3.14. The summed E-state index contributed by atoms with van der Waals surface area (Å²) in [6.07, 6.45) is 3.71. The van der Waals surface area contributed by atoms with E-state index in [2.05, 4.69) is 63.9 Å². The molecular weight excluding hydrogens is 232 g/mol. The lowest BCUT2D eigenvalue weighted by Gasteiger charge is -2.51. The zero-order valence-electron chi connectivity index (χ0n) is 12.9. The van der Waals surface area contributed by atoms with E-state index in [0.29, 0.717) is 0 Å². The minimum atomic E-state index is 0.137. The molecule has 0 spiro atoms. The summed E-state index contributed by atoms with van der Waals surface area (Å²) < 4.78 is 0. The SMILES string of the molecule is CC(=NN1C(C)(C)CCCC1(C)C)c1ccccc1. The van der Waals surface area contributed by atoms with Gasteiger partial charge in [-0.25, -0.2) is 0 Å². The zero-order chi connectivity index (χ0) is 14.1. The molecule has 1 fully saturated rings. The summed E-state index contributed by atoms with van der Waals surface area (Å²) in [5.74, 6) is 0. The molecule has 0 bridgehead atoms. The Labute approximate surface area is 117 Å². The maximum atomic E-state index is 4.96. The van der Waals surface area contributed by atoms with Gasteiger partial charge in [0.2, 0.25) is 0 Å². The average Bonchev–Trinajstić information content (AvgIpc) is 2.34. The van der Waals surface area contributed by atoms with Crippen LogP contribution in [-0.2, 0) is 0 Å². The van der Waals surface area contributed by atoms with Crippen LogP contribution in [0.1, 0.15) is 59.4 Å². The predicted molar refractivity (Wildman–Crippen MR) is 82.5 cm³/mol. The Morgan fingerprint density at radius 1 is 1.00 bits per heavy atom. The van der Waals surface area contributed by atoms with Crippen molar-refractivity contribution in [2.45, 2.75) is 65.0 Å². The van der Waals surface area contributed by atoms with Crippen molar-refractivity contribution in [2.75, 3.05) is 0 Å². The van der Waals surface area contributed by atoms with Gasteiger partial charge in [0.15, 0.2) is 0 Å². The first-order chi connectivity index (χ1) is 8.83. The Bertz CT molecular complexity index is 441. The quantitative estimate of drug-likeness (QED) is 0.715. The minimum absolute atomic E-state index is 0.137. The smallest absolute Gasteiger partial charge is 0.0647 e. The van der Waals surface area contributed by atoms with Gasteiger partial charge in [-0.15, -0.1) is 0 Å². The first-order valence-electron chi connectivity index (χ1n) is 7.24. The number of hydrogen-bond donors (Lipinski definition) is 0. The van der Waals surface area contributed by atoms with Gasteiger partial charge >= 0.3 is 0 Å². The summed E-state index contributed by atoms with van der Waals surface area (Å²) in [4.78, 5) is 0. The van der Waals surface area contributed by atoms with Crippen LogP contribution in [-0.4, -0.2) is 21.8 Å². The van der Waals surface area contributed by atoms with Crippen molar-refractivity contribution in [3.05, 3.63) is 35.9 Å². The third-order valence-electron chi connectivity index (χ3n) is 4.17. The van der Waals surface area contributed by atoms with E-state index in [4.69, 9.17) is 5.10 Å². The third-order valence-corrected chi connectivity index (χ3v) is 4.17. The lowest BCUT2D eigenvalue weighted by molar-refractivity contribution is -0.0246. The second-order valence-electron chi connectivity index (χ2n) is 6.84. The number of hydrazone groups is 1. The summed E-state index contributed by atoms with van der Waals surface area (Å²) >= 11 is 0. The van der Waals surface area contributed by atoms with E-state index in [1.165, 1.54) is 24.8 Å². The molecule has 1 heterocycles. The molecule has 1 aliphatic heterocycles. The van der Waals surface area contributed by atoms with Crippen LogP contribution >= 0.6 is 0 Å². The van der Waals surface area contributed by atoms with Crippen molar-refractivity contribution in [1.82, 2.24) is 5.01 Å². The van der Waals surface area contributed by atoms with Crippen molar-refractivity contribution in [3.63, 3.8) is 0 Å². The Kier molecular flexibility index (Phi) is 3.71. The third kappa shape index (κ3) is 2.99. The first-order valence-corrected chi connectivity index (χ1v) is 7.24. The van der Waals surface area contributed by atoms with E-state index in [1.807, 2.05) is 6.07 Å². The Hall–Kier alpha value is -1.31. The second kappa shape index (κ2) is 4.99. The van der Waals surface area contributed by atoms with Crippen LogP contribution in [0.4, 0.5) is 0 Å². The molecule has 0 aliphatic carbocycles. The molecule has 2 rings (SSSR count). The number of nitrogens with zero attached hydrogens (tertiary/aromatic N) is 2. The van der Waals surface area contributed by atoms with Crippen molar-refractivity contribution in [3.8, 4) is 0 Å². The highest BCUT2D eigenvalue weighted by Gasteiger charge is 2.40. The molecule has 1 aliphatic rings. The van der Waals surface area contributed by atoms with Gasteiger partial charge in [0.1, 0.15) is 0 Å². The molecule has 0 radical (unpaired) electrons. The first kappa shape index (κ1) is 14.1. The van der Waals surface area contributed by atoms with Gasteiger partial charge in [-0.1, -0.05) is 30.3 Å². The van der Waals surface area contributed by atoms with Crippen LogP contribution < -0.4 is 0 Å². The normalized spacial score (nSPS) is 22.4. The maximum absolute atomic E-state index is 4.96. The van der Waals surface area contributed by atoms with E-state index in [-0.39, 0.29) is 11.1 Å². The molecule has 0 aromatic heterocycles. The molecule has 1 saturated heterocycles. The van der Waals surface area contributed by atoms with Gasteiger partial charge < -0.3 is 0 Å². The molecule has 1 aromatic carbocycles. The highest BCUT2D eigenvalue weighted by molar-refractivity contribution is 5.98. The molecule has 0 unspecified atom stereocenters. The summed E-state index contributed by atoms with van der Waals surface area (Å²) in [5.41, 5.74) is 2.58. The van der Waals surface area contributed by atoms with Gasteiger partial charge in [0.25, 0.3) is 0 Å². The zero-order valence-corrected chi connectivity index (χ0v) is 12.9. The topological polar surface area (TPSA) is 15.6 Å². The molecule has 2 heteroatoms. The number of benzene rings is 1. The van der Waals surface area contributed by atoms with E-state index < -0.39 is 0 Å². The van der Waals surface area contributed by atoms with Gasteiger partial charge in [-0.2, -0.15) is 5.10 Å². The molecule has 19 heavy (non-hydrogen) atoms. The summed E-state index contributed by atoms with van der Waals surface area (Å²) in [7, 11) is 0. The summed E-state index contributed by atoms with van der Waals surface area (Å²) in [6.45, 7) is 11.3. The lowest BCUT2D eigenvalue weighted by Crippen LogP contribution is -2.55. The highest BCUT2D eigenvalue weighted by Crippen LogP contribution is 2.38. The van der Waals surface area contributed by atoms with E-state index in [1.54, 1.807) is 0 Å². The van der Waals surface area contributed by atoms with Gasteiger partial charge in [-0.3, -0.25) is 5.01 Å². The number of piperidine rings is 1. The Morgan fingerprint density at radius 3 is 2.05 bits per heavy atom. The van der Waals surface area contributed by atoms with Crippen molar-refractivity contribution in [1.29, 1.82) is 0 Å². The summed E-state index contributed by atoms with van der Waals surface area (Å²) in [6, 6.07) is 10.4. The largest absolute Gasteiger partial charge is 0.286 e. The van der Waals surface area contributed by atoms with Crippen LogP contribution in [0.5, 0.6) is 0 Å². The minimum Gasteiger partial charge on any atom is -0.286 e. The summed E-state index contributed by atoms with van der Waals surface area (Å²) in [5, 5.41) is 7.29. The Balaban J connectivity index is 2.33. The molecule has 0 amide bonds. The van der Waals surface area contributed by atoms with Crippen LogP contribution in [0, 0.1) is 0 Å². The van der Waals surface area contributed by atoms with Crippen molar-refractivity contribution in [2.24, 2.45) is 5.10 Å². The van der Waals surface area contributed by atoms with Crippen molar-refractivity contribution >= 4 is 5.71 Å².